The molecule has 0 bridgehead atoms. The van der Waals surface area contributed by atoms with E-state index in [4.69, 9.17) is 4.74 Å². The number of aromatic nitrogens is 1. The van der Waals surface area contributed by atoms with E-state index in [-0.39, 0.29) is 40.6 Å². The van der Waals surface area contributed by atoms with Gasteiger partial charge in [-0.2, -0.15) is 4.31 Å². The van der Waals surface area contributed by atoms with E-state index in [1.54, 1.807) is 35.4 Å². The fourth-order valence-corrected chi connectivity index (χ4v) is 5.93. The third-order valence-electron chi connectivity index (χ3n) is 5.08. The van der Waals surface area contributed by atoms with Gasteiger partial charge in [0.1, 0.15) is 15.9 Å². The van der Waals surface area contributed by atoms with Gasteiger partial charge in [-0.1, -0.05) is 13.0 Å². The van der Waals surface area contributed by atoms with Crippen LogP contribution in [0.4, 0.5) is 0 Å². The van der Waals surface area contributed by atoms with Crippen molar-refractivity contribution in [1.82, 2.24) is 14.2 Å². The van der Waals surface area contributed by atoms with Crippen LogP contribution in [0.25, 0.3) is 0 Å². The third-order valence-corrected chi connectivity index (χ3v) is 8.71. The van der Waals surface area contributed by atoms with Gasteiger partial charge in [0, 0.05) is 30.2 Å². The lowest BCUT2D eigenvalue weighted by atomic mass is 10.0. The Morgan fingerprint density at radius 1 is 1.50 bits per heavy atom. The molecule has 8 nitrogen and oxygen atoms in total. The molecule has 2 aromatic rings. The summed E-state index contributed by atoms with van der Waals surface area (Å²) in [5.74, 6) is -0.343. The maximum atomic E-state index is 13.1. The molecule has 0 saturated carbocycles. The van der Waals surface area contributed by atoms with E-state index in [0.717, 1.165) is 11.3 Å². The normalized spacial score (nSPS) is 21.0. The summed E-state index contributed by atoms with van der Waals surface area (Å²) in [5, 5.41) is 11.4. The standard InChI is InChI=1S/C19H24BrN3O5S2/c1-12-9-23(13(2)11-24)19(25)15-7-14(20)8-21-18(15)28-16(12)10-22(3)30(26,27)17-5-4-6-29-17/h4-8,12-13,16,24H,9-11H2,1-3H3/t12-,13-,16-/m0/s1. The van der Waals surface area contributed by atoms with Crippen LogP contribution >= 0.6 is 27.3 Å². The van der Waals surface area contributed by atoms with Crippen molar-refractivity contribution in [3.63, 3.8) is 0 Å². The Morgan fingerprint density at radius 2 is 2.23 bits per heavy atom. The van der Waals surface area contributed by atoms with Crippen molar-refractivity contribution >= 4 is 43.2 Å². The number of carbonyl (C=O) groups is 1. The quantitative estimate of drug-likeness (QED) is 0.631. The highest BCUT2D eigenvalue weighted by molar-refractivity contribution is 9.10. The maximum absolute atomic E-state index is 13.1. The van der Waals surface area contributed by atoms with Gasteiger partial charge in [0.2, 0.25) is 5.88 Å². The molecule has 0 radical (unpaired) electrons. The summed E-state index contributed by atoms with van der Waals surface area (Å²) in [4.78, 5) is 18.9. The number of rotatable bonds is 6. The molecule has 0 spiro atoms. The third kappa shape index (κ3) is 4.70. The van der Waals surface area contributed by atoms with Crippen LogP contribution in [-0.4, -0.2) is 72.5 Å². The Bertz CT molecular complexity index is 1000. The molecular weight excluding hydrogens is 494 g/mol. The highest BCUT2D eigenvalue weighted by atomic mass is 79.9. The number of hydrogen-bond donors (Lipinski definition) is 1. The van der Waals surface area contributed by atoms with Crippen LogP contribution in [0.1, 0.15) is 24.2 Å². The van der Waals surface area contributed by atoms with Crippen LogP contribution in [0.3, 0.4) is 0 Å². The molecule has 1 N–H and O–H groups in total. The first-order valence-corrected chi connectivity index (χ1v) is 12.5. The SMILES string of the molecule is C[C@H]1CN([C@@H](C)CO)C(=O)c2cc(Br)cnc2O[C@H]1CN(C)S(=O)(=O)c1cccs1. The molecule has 0 fully saturated rings. The molecule has 0 saturated heterocycles. The molecule has 0 aromatic carbocycles. The molecule has 11 heteroatoms. The van der Waals surface area contributed by atoms with Crippen molar-refractivity contribution in [3.8, 4) is 5.88 Å². The van der Waals surface area contributed by atoms with Crippen LogP contribution in [0.2, 0.25) is 0 Å². The lowest BCUT2D eigenvalue weighted by Gasteiger charge is -2.37. The van der Waals surface area contributed by atoms with Crippen molar-refractivity contribution in [3.05, 3.63) is 39.8 Å². The van der Waals surface area contributed by atoms with Crippen molar-refractivity contribution in [2.24, 2.45) is 5.92 Å². The average Bonchev–Trinajstić information content (AvgIpc) is 3.26. The lowest BCUT2D eigenvalue weighted by Crippen LogP contribution is -2.50. The summed E-state index contributed by atoms with van der Waals surface area (Å²) < 4.78 is 33.9. The average molecular weight is 518 g/mol. The molecule has 3 atom stereocenters. The summed E-state index contributed by atoms with van der Waals surface area (Å²) in [6, 6.07) is 4.48. The van der Waals surface area contributed by atoms with E-state index in [2.05, 4.69) is 20.9 Å². The summed E-state index contributed by atoms with van der Waals surface area (Å²) >= 11 is 4.49. The van der Waals surface area contributed by atoms with Crippen LogP contribution in [0, 0.1) is 5.92 Å². The molecule has 30 heavy (non-hydrogen) atoms. The highest BCUT2D eigenvalue weighted by Crippen LogP contribution is 2.29. The summed E-state index contributed by atoms with van der Waals surface area (Å²) in [5.41, 5.74) is 0.269. The number of nitrogens with zero attached hydrogens (tertiary/aromatic N) is 3. The summed E-state index contributed by atoms with van der Waals surface area (Å²) in [7, 11) is -2.13. The largest absolute Gasteiger partial charge is 0.472 e. The lowest BCUT2D eigenvalue weighted by molar-refractivity contribution is 0.0373. The van der Waals surface area contributed by atoms with E-state index < -0.39 is 22.2 Å². The topological polar surface area (TPSA) is 100 Å². The van der Waals surface area contributed by atoms with E-state index in [9.17, 15) is 18.3 Å². The van der Waals surface area contributed by atoms with Crippen molar-refractivity contribution in [1.29, 1.82) is 0 Å². The van der Waals surface area contributed by atoms with Crippen LogP contribution in [0.15, 0.2) is 38.5 Å². The number of ether oxygens (including phenoxy) is 1. The van der Waals surface area contributed by atoms with Gasteiger partial charge in [-0.15, -0.1) is 11.3 Å². The van der Waals surface area contributed by atoms with Crippen molar-refractivity contribution in [2.75, 3.05) is 26.7 Å². The van der Waals surface area contributed by atoms with Gasteiger partial charge in [-0.3, -0.25) is 4.79 Å². The zero-order valence-electron chi connectivity index (χ0n) is 16.9. The van der Waals surface area contributed by atoms with Crippen LogP contribution in [-0.2, 0) is 10.0 Å². The Kier molecular flexibility index (Phi) is 7.18. The number of halogens is 1. The number of fused-ring (bicyclic) bond motifs is 1. The number of aliphatic hydroxyl groups is 1. The van der Waals surface area contributed by atoms with Crippen LogP contribution < -0.4 is 4.74 Å². The second kappa shape index (κ2) is 9.31. The number of pyridine rings is 1. The number of aliphatic hydroxyl groups excluding tert-OH is 1. The van der Waals surface area contributed by atoms with E-state index in [1.165, 1.54) is 17.5 Å². The van der Waals surface area contributed by atoms with Crippen LogP contribution in [0.5, 0.6) is 5.88 Å². The van der Waals surface area contributed by atoms with Gasteiger partial charge in [-0.25, -0.2) is 13.4 Å². The number of carbonyl (C=O) groups excluding carboxylic acids is 1. The van der Waals surface area contributed by atoms with Gasteiger partial charge in [0.25, 0.3) is 15.9 Å². The van der Waals surface area contributed by atoms with Gasteiger partial charge < -0.3 is 14.7 Å². The number of hydrogen-bond acceptors (Lipinski definition) is 7. The Balaban J connectivity index is 1.95. The first-order valence-electron chi connectivity index (χ1n) is 9.39. The first-order chi connectivity index (χ1) is 14.1. The first kappa shape index (κ1) is 23.1. The molecule has 3 heterocycles. The minimum atomic E-state index is -3.65. The smallest absolute Gasteiger partial charge is 0.259 e. The van der Waals surface area contributed by atoms with Crippen molar-refractivity contribution in [2.45, 2.75) is 30.2 Å². The highest BCUT2D eigenvalue weighted by Gasteiger charge is 2.36. The molecule has 3 rings (SSSR count). The molecule has 1 aliphatic rings. The van der Waals surface area contributed by atoms with Gasteiger partial charge in [0.05, 0.1) is 19.2 Å². The minimum Gasteiger partial charge on any atom is -0.472 e. The van der Waals surface area contributed by atoms with E-state index in [1.807, 2.05) is 6.92 Å². The zero-order chi connectivity index (χ0) is 22.1. The summed E-state index contributed by atoms with van der Waals surface area (Å²) in [6.07, 6.45) is 0.986. The molecule has 164 valence electrons. The fourth-order valence-electron chi connectivity index (χ4n) is 3.21. The molecule has 0 unspecified atom stereocenters. The second-order valence-corrected chi connectivity index (χ2v) is 11.5. The molecule has 0 aliphatic carbocycles. The summed E-state index contributed by atoms with van der Waals surface area (Å²) in [6.45, 7) is 3.87. The Morgan fingerprint density at radius 3 is 2.87 bits per heavy atom. The van der Waals surface area contributed by atoms with E-state index >= 15 is 0 Å². The Labute approximate surface area is 188 Å². The van der Waals surface area contributed by atoms with E-state index in [0.29, 0.717) is 11.0 Å². The van der Waals surface area contributed by atoms with Crippen molar-refractivity contribution < 1.29 is 23.1 Å². The van der Waals surface area contributed by atoms with Gasteiger partial charge >= 0.3 is 0 Å². The number of likely N-dealkylation sites (N-methyl/N-ethyl adjacent to an activating group) is 1. The molecule has 1 amide bonds. The predicted octanol–water partition coefficient (Wildman–Crippen LogP) is 2.45. The maximum Gasteiger partial charge on any atom is 0.259 e. The van der Waals surface area contributed by atoms with Gasteiger partial charge in [0.15, 0.2) is 0 Å². The predicted molar refractivity (Wildman–Crippen MR) is 117 cm³/mol. The minimum absolute atomic E-state index is 0.0914. The fraction of sp³-hybridized carbons (Fsp3) is 0.474. The second-order valence-electron chi connectivity index (χ2n) is 7.35. The molecular formula is C19H24BrN3O5S2. The molecule has 2 aromatic heterocycles. The number of thiophene rings is 1. The monoisotopic (exact) mass is 517 g/mol. The number of amides is 1. The molecule has 1 aliphatic heterocycles. The number of sulfonamides is 1. The Hall–Kier alpha value is -1.53. The van der Waals surface area contributed by atoms with Gasteiger partial charge in [-0.05, 0) is 40.4 Å². The zero-order valence-corrected chi connectivity index (χ0v) is 20.1.